The number of hydrogen-bond acceptors (Lipinski definition) is 2. The van der Waals surface area contributed by atoms with Crippen LogP contribution in [0.2, 0.25) is 10.0 Å². The maximum Gasteiger partial charge on any atom is 0.235 e. The Balaban J connectivity index is 2.65. The van der Waals surface area contributed by atoms with Crippen LogP contribution in [0.1, 0.15) is 11.0 Å². The molecule has 1 aromatic rings. The molecule has 0 aliphatic rings. The Hall–Kier alpha value is -0.930. The quantitative estimate of drug-likeness (QED) is 0.754. The fourth-order valence-electron chi connectivity index (χ4n) is 0.715. The highest BCUT2D eigenvalue weighted by Gasteiger charge is 2.00. The van der Waals surface area contributed by atoms with Gasteiger partial charge in [-0.1, -0.05) is 23.2 Å². The normalized spacial score (nSPS) is 13.8. The Kier molecular flexibility index (Phi) is 2.18. The Morgan fingerprint density at radius 3 is 2.92 bits per heavy atom. The van der Waals surface area contributed by atoms with Crippen LogP contribution in [-0.4, -0.2) is 5.91 Å². The van der Waals surface area contributed by atoms with E-state index in [1.54, 1.807) is 6.07 Å². The molecule has 0 aliphatic heterocycles. The van der Waals surface area contributed by atoms with Gasteiger partial charge < -0.3 is 0 Å². The fraction of sp³-hybridized carbons (Fsp3) is 0.125. The van der Waals surface area contributed by atoms with Gasteiger partial charge in [0.1, 0.15) is 0 Å². The van der Waals surface area contributed by atoms with Gasteiger partial charge in [0.2, 0.25) is 5.91 Å². The van der Waals surface area contributed by atoms with Crippen molar-refractivity contribution in [2.45, 2.75) is 6.85 Å². The highest BCUT2D eigenvalue weighted by Crippen LogP contribution is 2.24. The van der Waals surface area contributed by atoms with Crippen molar-refractivity contribution in [1.29, 1.82) is 0 Å². The number of nitrogens with one attached hydrogen (secondary N) is 2. The van der Waals surface area contributed by atoms with Crippen LogP contribution in [0.15, 0.2) is 18.2 Å². The number of carbonyl (C=O) groups is 1. The molecule has 3 nitrogen and oxygen atoms in total. The number of hydrazine groups is 1. The first-order valence-electron chi connectivity index (χ1n) is 4.82. The number of anilines is 1. The van der Waals surface area contributed by atoms with Gasteiger partial charge in [0.05, 0.1) is 10.7 Å². The molecule has 0 unspecified atom stereocenters. The summed E-state index contributed by atoms with van der Waals surface area (Å²) in [7, 11) is 0. The van der Waals surface area contributed by atoms with Crippen molar-refractivity contribution in [1.82, 2.24) is 5.43 Å². The summed E-state index contributed by atoms with van der Waals surface area (Å²) in [5, 5.41) is 0.719. The maximum absolute atomic E-state index is 11.0. The molecule has 0 heterocycles. The largest absolute Gasteiger partial charge is 0.297 e. The molecular weight excluding hydrogens is 211 g/mol. The lowest BCUT2D eigenvalue weighted by atomic mass is 10.3. The SMILES string of the molecule is [2H]C([2H])([2H])C(=O)NNc1ccc(Cl)cc1Cl. The molecule has 1 amide bonds. The number of halogens is 2. The maximum atomic E-state index is 11.0. The van der Waals surface area contributed by atoms with E-state index in [2.05, 4.69) is 5.43 Å². The van der Waals surface area contributed by atoms with Crippen LogP contribution in [0, 0.1) is 0 Å². The topological polar surface area (TPSA) is 41.1 Å². The van der Waals surface area contributed by atoms with E-state index in [4.69, 9.17) is 27.3 Å². The second-order valence-electron chi connectivity index (χ2n) is 2.20. The summed E-state index contributed by atoms with van der Waals surface area (Å²) < 4.78 is 20.5. The fourth-order valence-corrected chi connectivity index (χ4v) is 1.17. The molecule has 0 radical (unpaired) electrons. The Labute approximate surface area is 90.2 Å². The van der Waals surface area contributed by atoms with E-state index in [0.29, 0.717) is 10.7 Å². The molecule has 70 valence electrons. The second-order valence-corrected chi connectivity index (χ2v) is 3.05. The molecule has 0 aliphatic carbocycles. The number of amides is 1. The molecule has 0 bridgehead atoms. The molecular formula is C8H8Cl2N2O. The van der Waals surface area contributed by atoms with Gasteiger partial charge in [-0.05, 0) is 18.2 Å². The Morgan fingerprint density at radius 1 is 1.54 bits per heavy atom. The van der Waals surface area contributed by atoms with Crippen molar-refractivity contribution in [2.75, 3.05) is 5.43 Å². The highest BCUT2D eigenvalue weighted by molar-refractivity contribution is 6.36. The molecule has 5 heteroatoms. The predicted molar refractivity (Wildman–Crippen MR) is 53.9 cm³/mol. The third kappa shape index (κ3) is 3.13. The molecule has 0 saturated carbocycles. The van der Waals surface area contributed by atoms with Gasteiger partial charge in [-0.15, -0.1) is 0 Å². The van der Waals surface area contributed by atoms with Crippen molar-refractivity contribution in [3.8, 4) is 0 Å². The zero-order valence-corrected chi connectivity index (χ0v) is 7.91. The first-order chi connectivity index (χ1) is 7.30. The molecule has 0 saturated heterocycles. The summed E-state index contributed by atoms with van der Waals surface area (Å²) in [6.07, 6.45) is 0. The van der Waals surface area contributed by atoms with Gasteiger partial charge in [-0.2, -0.15) is 0 Å². The summed E-state index contributed by atoms with van der Waals surface area (Å²) in [6, 6.07) is 4.54. The molecule has 13 heavy (non-hydrogen) atoms. The monoisotopic (exact) mass is 221 g/mol. The van der Waals surface area contributed by atoms with Crippen molar-refractivity contribution in [2.24, 2.45) is 0 Å². The lowest BCUT2D eigenvalue weighted by Crippen LogP contribution is -2.26. The molecule has 0 spiro atoms. The van der Waals surface area contributed by atoms with Crippen molar-refractivity contribution in [3.05, 3.63) is 28.2 Å². The van der Waals surface area contributed by atoms with E-state index >= 15 is 0 Å². The molecule has 0 aromatic heterocycles. The van der Waals surface area contributed by atoms with Crippen LogP contribution in [0.5, 0.6) is 0 Å². The van der Waals surface area contributed by atoms with Crippen molar-refractivity contribution >= 4 is 34.8 Å². The number of benzene rings is 1. The minimum Gasteiger partial charge on any atom is -0.297 e. The van der Waals surface area contributed by atoms with Crippen molar-refractivity contribution in [3.63, 3.8) is 0 Å². The minimum atomic E-state index is -2.70. The molecule has 1 aromatic carbocycles. The van der Waals surface area contributed by atoms with E-state index in [0.717, 1.165) is 0 Å². The van der Waals surface area contributed by atoms with E-state index < -0.39 is 12.8 Å². The van der Waals surface area contributed by atoms with Crippen molar-refractivity contribution < 1.29 is 8.91 Å². The average Bonchev–Trinajstić information content (AvgIpc) is 2.14. The van der Waals surface area contributed by atoms with E-state index in [9.17, 15) is 4.79 Å². The van der Waals surface area contributed by atoms with Crippen LogP contribution in [0.4, 0.5) is 5.69 Å². The average molecular weight is 222 g/mol. The highest BCUT2D eigenvalue weighted by atomic mass is 35.5. The zero-order chi connectivity index (χ0) is 12.3. The number of rotatable bonds is 2. The summed E-state index contributed by atoms with van der Waals surface area (Å²) in [4.78, 5) is 11.0. The lowest BCUT2D eigenvalue weighted by molar-refractivity contribution is -0.118. The standard InChI is InChI=1S/C8H8Cl2N2O/c1-5(13)11-12-8-3-2-6(9)4-7(8)10/h2-4,12H,1H3,(H,11,13)/i1D3. The van der Waals surface area contributed by atoms with E-state index in [1.165, 1.54) is 12.1 Å². The number of hydrogen-bond donors (Lipinski definition) is 2. The molecule has 2 N–H and O–H groups in total. The Bertz CT molecular complexity index is 409. The number of carbonyl (C=O) groups excluding carboxylic acids is 1. The summed E-state index contributed by atoms with van der Waals surface area (Å²) in [5.74, 6) is -1.11. The van der Waals surface area contributed by atoms with Gasteiger partial charge in [0.15, 0.2) is 0 Å². The van der Waals surface area contributed by atoms with E-state index in [-0.39, 0.29) is 5.02 Å². The smallest absolute Gasteiger partial charge is 0.235 e. The Morgan fingerprint density at radius 2 is 2.31 bits per heavy atom. The lowest BCUT2D eigenvalue weighted by Gasteiger charge is -2.07. The minimum absolute atomic E-state index is 0.276. The van der Waals surface area contributed by atoms with E-state index in [1.807, 2.05) is 5.43 Å². The van der Waals surface area contributed by atoms with Crippen LogP contribution < -0.4 is 10.9 Å². The van der Waals surface area contributed by atoms with Crippen LogP contribution >= 0.6 is 23.2 Å². The van der Waals surface area contributed by atoms with Gasteiger partial charge in [0, 0.05) is 16.0 Å². The molecule has 1 rings (SSSR count). The van der Waals surface area contributed by atoms with Crippen LogP contribution in [0.25, 0.3) is 0 Å². The van der Waals surface area contributed by atoms with Crippen LogP contribution in [0.3, 0.4) is 0 Å². The second kappa shape index (κ2) is 4.35. The van der Waals surface area contributed by atoms with Crippen LogP contribution in [-0.2, 0) is 4.79 Å². The first-order valence-corrected chi connectivity index (χ1v) is 4.08. The molecule has 0 atom stereocenters. The van der Waals surface area contributed by atoms with Gasteiger partial charge in [-0.3, -0.25) is 15.6 Å². The van der Waals surface area contributed by atoms with Gasteiger partial charge in [-0.25, -0.2) is 0 Å². The zero-order valence-electron chi connectivity index (χ0n) is 9.40. The summed E-state index contributed by atoms with van der Waals surface area (Å²) >= 11 is 11.5. The van der Waals surface area contributed by atoms with Gasteiger partial charge in [0.25, 0.3) is 0 Å². The molecule has 0 fully saturated rings. The third-order valence-corrected chi connectivity index (χ3v) is 1.79. The predicted octanol–water partition coefficient (Wildman–Crippen LogP) is 2.46. The van der Waals surface area contributed by atoms with Gasteiger partial charge >= 0.3 is 0 Å². The first kappa shape index (κ1) is 6.51. The third-order valence-electron chi connectivity index (χ3n) is 1.24. The summed E-state index contributed by atoms with van der Waals surface area (Å²) in [5.41, 5.74) is 4.78. The summed E-state index contributed by atoms with van der Waals surface area (Å²) in [6.45, 7) is -2.70.